The van der Waals surface area contributed by atoms with Crippen molar-refractivity contribution in [3.05, 3.63) is 34.9 Å². The van der Waals surface area contributed by atoms with E-state index in [1.54, 1.807) is 7.05 Å². The number of thioether (sulfide) groups is 1. The van der Waals surface area contributed by atoms with Crippen molar-refractivity contribution in [2.45, 2.75) is 50.7 Å². The maximum atomic E-state index is 11.9. The van der Waals surface area contributed by atoms with Crippen molar-refractivity contribution < 1.29 is 9.53 Å². The molecule has 3 nitrogen and oxygen atoms in total. The molecule has 1 N–H and O–H groups in total. The first-order valence-corrected chi connectivity index (χ1v) is 8.31. The zero-order valence-corrected chi connectivity index (χ0v) is 14.8. The van der Waals surface area contributed by atoms with Gasteiger partial charge in [0.1, 0.15) is 5.54 Å². The zero-order chi connectivity index (χ0) is 16.0. The quantitative estimate of drug-likeness (QED) is 0.783. The number of aryl methyl sites for hydroxylation is 2. The van der Waals surface area contributed by atoms with Crippen LogP contribution in [0.2, 0.25) is 0 Å². The van der Waals surface area contributed by atoms with Gasteiger partial charge in [-0.2, -0.15) is 11.8 Å². The lowest BCUT2D eigenvalue weighted by molar-refractivity contribution is -0.147. The Labute approximate surface area is 132 Å². The van der Waals surface area contributed by atoms with Gasteiger partial charge in [0.15, 0.2) is 0 Å². The molecule has 4 heteroatoms. The van der Waals surface area contributed by atoms with Gasteiger partial charge in [0.05, 0.1) is 7.11 Å². The largest absolute Gasteiger partial charge is 0.468 e. The Morgan fingerprint density at radius 3 is 2.38 bits per heavy atom. The molecule has 0 spiro atoms. The molecule has 0 heterocycles. The van der Waals surface area contributed by atoms with E-state index >= 15 is 0 Å². The number of methoxy groups -OCH3 is 1. The van der Waals surface area contributed by atoms with Crippen LogP contribution in [0.1, 0.15) is 37.0 Å². The van der Waals surface area contributed by atoms with Crippen LogP contribution in [-0.2, 0) is 15.3 Å². The van der Waals surface area contributed by atoms with Crippen LogP contribution in [0.3, 0.4) is 0 Å². The highest BCUT2D eigenvalue weighted by Gasteiger charge is 2.34. The molecule has 0 saturated carbocycles. The van der Waals surface area contributed by atoms with Gasteiger partial charge in [0, 0.05) is 11.0 Å². The summed E-state index contributed by atoms with van der Waals surface area (Å²) in [6, 6.07) is 6.64. The van der Waals surface area contributed by atoms with Crippen molar-refractivity contribution in [2.75, 3.05) is 14.2 Å². The smallest absolute Gasteiger partial charge is 0.325 e. The summed E-state index contributed by atoms with van der Waals surface area (Å²) in [6.07, 6.45) is 0.742. The average Bonchev–Trinajstić information content (AvgIpc) is 2.43. The second kappa shape index (κ2) is 7.85. The minimum atomic E-state index is -0.621. The lowest BCUT2D eigenvalue weighted by Gasteiger charge is -2.28. The number of hydrogen-bond donors (Lipinski definition) is 1. The molecule has 2 atom stereocenters. The molecule has 0 aromatic heterocycles. The van der Waals surface area contributed by atoms with Crippen LogP contribution >= 0.6 is 11.8 Å². The summed E-state index contributed by atoms with van der Waals surface area (Å²) >= 11 is 1.87. The summed E-state index contributed by atoms with van der Waals surface area (Å²) in [5.74, 6) is 0.758. The van der Waals surface area contributed by atoms with Crippen LogP contribution in [0.25, 0.3) is 0 Å². The predicted molar refractivity (Wildman–Crippen MR) is 90.8 cm³/mol. The van der Waals surface area contributed by atoms with E-state index in [0.717, 1.165) is 12.2 Å². The van der Waals surface area contributed by atoms with Crippen molar-refractivity contribution >= 4 is 17.7 Å². The van der Waals surface area contributed by atoms with E-state index in [9.17, 15) is 4.79 Å². The number of benzene rings is 1. The normalized spacial score (nSPS) is 15.3. The van der Waals surface area contributed by atoms with E-state index in [4.69, 9.17) is 4.74 Å². The van der Waals surface area contributed by atoms with E-state index in [2.05, 4.69) is 44.3 Å². The van der Waals surface area contributed by atoms with Crippen LogP contribution in [-0.4, -0.2) is 30.9 Å². The molecular formula is C17H27NO2S. The van der Waals surface area contributed by atoms with Gasteiger partial charge >= 0.3 is 5.97 Å². The van der Waals surface area contributed by atoms with Crippen LogP contribution < -0.4 is 5.32 Å². The number of rotatable bonds is 7. The predicted octanol–water partition coefficient (Wildman–Crippen LogP) is 3.47. The molecule has 0 aliphatic carbocycles. The lowest BCUT2D eigenvalue weighted by atomic mass is 9.96. The summed E-state index contributed by atoms with van der Waals surface area (Å²) in [5.41, 5.74) is 3.32. The molecule has 21 heavy (non-hydrogen) atoms. The molecule has 1 rings (SSSR count). The summed E-state index contributed by atoms with van der Waals surface area (Å²) in [6.45, 7) is 8.30. The van der Waals surface area contributed by atoms with Crippen molar-refractivity contribution in [2.24, 2.45) is 0 Å². The molecule has 0 radical (unpaired) electrons. The third kappa shape index (κ3) is 5.36. The molecule has 0 saturated heterocycles. The minimum Gasteiger partial charge on any atom is -0.468 e. The summed E-state index contributed by atoms with van der Waals surface area (Å²) in [5, 5.41) is 3.45. The first kappa shape index (κ1) is 18.1. The van der Waals surface area contributed by atoms with Gasteiger partial charge in [-0.25, -0.2) is 0 Å². The van der Waals surface area contributed by atoms with E-state index in [-0.39, 0.29) is 5.97 Å². The molecule has 2 unspecified atom stereocenters. The Balaban J connectivity index is 2.61. The lowest BCUT2D eigenvalue weighted by Crippen LogP contribution is -2.49. The Kier molecular flexibility index (Phi) is 6.75. The molecule has 0 fully saturated rings. The number of nitrogens with one attached hydrogen (secondary N) is 1. The van der Waals surface area contributed by atoms with Gasteiger partial charge in [-0.3, -0.25) is 4.79 Å². The highest BCUT2D eigenvalue weighted by molar-refractivity contribution is 7.99. The van der Waals surface area contributed by atoms with Gasteiger partial charge in [-0.1, -0.05) is 36.2 Å². The number of esters is 1. The number of carbonyl (C=O) groups excluding carboxylic acids is 1. The van der Waals surface area contributed by atoms with Gasteiger partial charge in [0.2, 0.25) is 0 Å². The number of ether oxygens (including phenoxy) is 1. The summed E-state index contributed by atoms with van der Waals surface area (Å²) < 4.78 is 4.89. The van der Waals surface area contributed by atoms with E-state index < -0.39 is 5.54 Å². The highest BCUT2D eigenvalue weighted by Crippen LogP contribution is 2.26. The molecule has 0 amide bonds. The molecule has 0 aliphatic rings. The van der Waals surface area contributed by atoms with Crippen LogP contribution in [0.5, 0.6) is 0 Å². The average molecular weight is 309 g/mol. The Morgan fingerprint density at radius 1 is 1.33 bits per heavy atom. The second-order valence-corrected chi connectivity index (χ2v) is 7.32. The SMILES string of the molecule is CNC(C)(CC(C)SCc1cc(C)cc(C)c1)C(=O)OC. The third-order valence-electron chi connectivity index (χ3n) is 3.70. The number of carbonyl (C=O) groups is 1. The fourth-order valence-corrected chi connectivity index (χ4v) is 3.63. The number of likely N-dealkylation sites (N-methyl/N-ethyl adjacent to an activating group) is 1. The zero-order valence-electron chi connectivity index (χ0n) is 13.9. The maximum absolute atomic E-state index is 11.9. The van der Waals surface area contributed by atoms with Crippen molar-refractivity contribution in [3.8, 4) is 0 Å². The fourth-order valence-electron chi connectivity index (χ4n) is 2.54. The Morgan fingerprint density at radius 2 is 1.90 bits per heavy atom. The maximum Gasteiger partial charge on any atom is 0.325 e. The van der Waals surface area contributed by atoms with Gasteiger partial charge in [-0.15, -0.1) is 0 Å². The van der Waals surface area contributed by atoms with Gasteiger partial charge < -0.3 is 10.1 Å². The molecule has 1 aromatic carbocycles. The van der Waals surface area contributed by atoms with E-state index in [0.29, 0.717) is 5.25 Å². The summed E-state index contributed by atoms with van der Waals surface area (Å²) in [4.78, 5) is 11.9. The van der Waals surface area contributed by atoms with Crippen molar-refractivity contribution in [3.63, 3.8) is 0 Å². The fraction of sp³-hybridized carbons (Fsp3) is 0.588. The highest BCUT2D eigenvalue weighted by atomic mass is 32.2. The second-order valence-electron chi connectivity index (χ2n) is 5.90. The van der Waals surface area contributed by atoms with Crippen LogP contribution in [0.4, 0.5) is 0 Å². The molecule has 1 aromatic rings. The van der Waals surface area contributed by atoms with E-state index in [1.165, 1.54) is 23.8 Å². The van der Waals surface area contributed by atoms with Gasteiger partial charge in [0.25, 0.3) is 0 Å². The Hall–Kier alpha value is -1.00. The molecule has 0 aliphatic heterocycles. The van der Waals surface area contributed by atoms with Gasteiger partial charge in [-0.05, 0) is 39.8 Å². The van der Waals surface area contributed by atoms with Crippen molar-refractivity contribution in [1.29, 1.82) is 0 Å². The number of hydrogen-bond acceptors (Lipinski definition) is 4. The van der Waals surface area contributed by atoms with E-state index in [1.807, 2.05) is 18.7 Å². The molecular weight excluding hydrogens is 282 g/mol. The minimum absolute atomic E-state index is 0.205. The summed E-state index contributed by atoms with van der Waals surface area (Å²) in [7, 11) is 3.24. The topological polar surface area (TPSA) is 38.3 Å². The van der Waals surface area contributed by atoms with Crippen LogP contribution in [0, 0.1) is 13.8 Å². The monoisotopic (exact) mass is 309 g/mol. The first-order chi connectivity index (χ1) is 9.80. The third-order valence-corrected chi connectivity index (χ3v) is 4.94. The Bertz CT molecular complexity index is 469. The van der Waals surface area contributed by atoms with Crippen LogP contribution in [0.15, 0.2) is 18.2 Å². The van der Waals surface area contributed by atoms with Crippen molar-refractivity contribution in [1.82, 2.24) is 5.32 Å². The molecule has 118 valence electrons. The standard InChI is InChI=1S/C17H27NO2S/c1-12-7-13(2)9-15(8-12)11-21-14(3)10-17(4,18-5)16(19)20-6/h7-9,14,18H,10-11H2,1-6H3. The first-order valence-electron chi connectivity index (χ1n) is 7.27. The molecule has 0 bridgehead atoms.